The molecule has 0 aromatic carbocycles. The van der Waals surface area contributed by atoms with E-state index in [4.69, 9.17) is 5.73 Å². The molecule has 1 saturated heterocycles. The molecule has 2 heterocycles. The maximum absolute atomic E-state index is 5.61. The van der Waals surface area contributed by atoms with Crippen molar-refractivity contribution in [1.29, 1.82) is 0 Å². The highest BCUT2D eigenvalue weighted by atomic mass is 32.1. The van der Waals surface area contributed by atoms with Gasteiger partial charge in [0.05, 0.1) is 5.01 Å². The summed E-state index contributed by atoms with van der Waals surface area (Å²) in [6.07, 6.45) is 4.52. The lowest BCUT2D eigenvalue weighted by molar-refractivity contribution is 0.218. The molecule has 2 N–H and O–H groups in total. The van der Waals surface area contributed by atoms with Gasteiger partial charge in [0.1, 0.15) is 0 Å². The van der Waals surface area contributed by atoms with Crippen LogP contribution < -0.4 is 5.73 Å². The van der Waals surface area contributed by atoms with Crippen LogP contribution in [0.5, 0.6) is 0 Å². The average molecular weight is 225 g/mol. The highest BCUT2D eigenvalue weighted by Crippen LogP contribution is 2.29. The van der Waals surface area contributed by atoms with E-state index in [1.165, 1.54) is 35.8 Å². The lowest BCUT2D eigenvalue weighted by Crippen LogP contribution is -2.33. The van der Waals surface area contributed by atoms with Crippen molar-refractivity contribution < 1.29 is 0 Å². The zero-order valence-corrected chi connectivity index (χ0v) is 10.1. The Bertz CT molecular complexity index is 311. The van der Waals surface area contributed by atoms with E-state index in [1.807, 2.05) is 6.20 Å². The Hall–Kier alpha value is -0.450. The van der Waals surface area contributed by atoms with Crippen LogP contribution >= 0.6 is 11.3 Å². The predicted octanol–water partition coefficient (Wildman–Crippen LogP) is 1.80. The number of hydrogen-bond acceptors (Lipinski definition) is 4. The highest BCUT2D eigenvalue weighted by molar-refractivity contribution is 7.11. The lowest BCUT2D eigenvalue weighted by atomic mass is 9.99. The number of rotatable bonds is 3. The minimum Gasteiger partial charge on any atom is -0.326 e. The van der Waals surface area contributed by atoms with Gasteiger partial charge in [0.15, 0.2) is 0 Å². The van der Waals surface area contributed by atoms with E-state index in [-0.39, 0.29) is 0 Å². The summed E-state index contributed by atoms with van der Waals surface area (Å²) in [5.74, 6) is 0.643. The maximum atomic E-state index is 5.61. The first-order chi connectivity index (χ1) is 7.33. The van der Waals surface area contributed by atoms with Gasteiger partial charge in [-0.1, -0.05) is 6.92 Å². The van der Waals surface area contributed by atoms with Crippen molar-refractivity contribution in [2.24, 2.45) is 5.73 Å². The Morgan fingerprint density at radius 1 is 1.67 bits per heavy atom. The summed E-state index contributed by atoms with van der Waals surface area (Å²) < 4.78 is 0. The molecule has 1 aromatic heterocycles. The molecule has 1 unspecified atom stereocenters. The number of likely N-dealkylation sites (N-methyl/N-ethyl adjacent to an activating group) is 1. The SMILES string of the molecule is CCN1CCCC(c2ncc(CN)s2)C1. The van der Waals surface area contributed by atoms with Crippen LogP contribution in [0.3, 0.4) is 0 Å². The summed E-state index contributed by atoms with van der Waals surface area (Å²) in [5, 5.41) is 1.29. The van der Waals surface area contributed by atoms with Gasteiger partial charge in [-0.3, -0.25) is 0 Å². The van der Waals surface area contributed by atoms with Crippen molar-refractivity contribution in [3.63, 3.8) is 0 Å². The first-order valence-corrected chi connectivity index (χ1v) is 6.52. The Labute approximate surface area is 95.3 Å². The average Bonchev–Trinajstić information content (AvgIpc) is 2.78. The molecule has 0 aliphatic carbocycles. The second-order valence-electron chi connectivity index (χ2n) is 4.10. The molecule has 15 heavy (non-hydrogen) atoms. The third kappa shape index (κ3) is 2.56. The fourth-order valence-electron chi connectivity index (χ4n) is 2.15. The Balaban J connectivity index is 2.03. The molecule has 0 bridgehead atoms. The molecule has 2 rings (SSSR count). The number of hydrogen-bond donors (Lipinski definition) is 1. The third-order valence-corrected chi connectivity index (χ3v) is 4.26. The van der Waals surface area contributed by atoms with Crippen LogP contribution in [0.4, 0.5) is 0 Å². The van der Waals surface area contributed by atoms with Crippen LogP contribution in [0.25, 0.3) is 0 Å². The molecule has 0 amide bonds. The number of nitrogens with two attached hydrogens (primary N) is 1. The summed E-state index contributed by atoms with van der Waals surface area (Å²) in [6, 6.07) is 0. The molecule has 84 valence electrons. The van der Waals surface area contributed by atoms with Crippen molar-refractivity contribution in [2.45, 2.75) is 32.2 Å². The first-order valence-electron chi connectivity index (χ1n) is 5.70. The monoisotopic (exact) mass is 225 g/mol. The second-order valence-corrected chi connectivity index (χ2v) is 5.25. The topological polar surface area (TPSA) is 42.2 Å². The molecule has 1 aliphatic rings. The standard InChI is InChI=1S/C11H19N3S/c1-2-14-5-3-4-9(8-14)11-13-7-10(6-12)15-11/h7,9H,2-6,8,12H2,1H3. The second kappa shape index (κ2) is 5.05. The van der Waals surface area contributed by atoms with Crippen molar-refractivity contribution in [2.75, 3.05) is 19.6 Å². The van der Waals surface area contributed by atoms with Gasteiger partial charge in [-0.2, -0.15) is 0 Å². The number of likely N-dealkylation sites (tertiary alicyclic amines) is 1. The molecule has 1 fully saturated rings. The summed E-state index contributed by atoms with van der Waals surface area (Å²) in [4.78, 5) is 8.21. The number of piperidine rings is 1. The molecule has 0 spiro atoms. The van der Waals surface area contributed by atoms with Gasteiger partial charge in [0, 0.05) is 30.1 Å². The number of nitrogens with zero attached hydrogens (tertiary/aromatic N) is 2. The van der Waals surface area contributed by atoms with E-state index < -0.39 is 0 Å². The molecule has 4 heteroatoms. The fraction of sp³-hybridized carbons (Fsp3) is 0.727. The molecular weight excluding hydrogens is 206 g/mol. The normalized spacial score (nSPS) is 23.2. The van der Waals surface area contributed by atoms with E-state index in [0.29, 0.717) is 12.5 Å². The van der Waals surface area contributed by atoms with Crippen molar-refractivity contribution in [1.82, 2.24) is 9.88 Å². The van der Waals surface area contributed by atoms with Crippen LogP contribution in [-0.2, 0) is 6.54 Å². The predicted molar refractivity (Wildman–Crippen MR) is 64.1 cm³/mol. The van der Waals surface area contributed by atoms with Crippen LogP contribution in [0.2, 0.25) is 0 Å². The summed E-state index contributed by atoms with van der Waals surface area (Å²) in [5.41, 5.74) is 5.61. The molecule has 1 aromatic rings. The van der Waals surface area contributed by atoms with Crippen molar-refractivity contribution >= 4 is 11.3 Å². The van der Waals surface area contributed by atoms with Crippen LogP contribution in [-0.4, -0.2) is 29.5 Å². The lowest BCUT2D eigenvalue weighted by Gasteiger charge is -2.30. The largest absolute Gasteiger partial charge is 0.326 e. The zero-order valence-electron chi connectivity index (χ0n) is 9.28. The van der Waals surface area contributed by atoms with E-state index in [0.717, 1.165) is 6.54 Å². The van der Waals surface area contributed by atoms with Gasteiger partial charge in [0.2, 0.25) is 0 Å². The molecule has 0 saturated carbocycles. The Morgan fingerprint density at radius 2 is 2.53 bits per heavy atom. The summed E-state index contributed by atoms with van der Waals surface area (Å²) in [7, 11) is 0. The van der Waals surface area contributed by atoms with E-state index >= 15 is 0 Å². The van der Waals surface area contributed by atoms with Crippen molar-refractivity contribution in [3.8, 4) is 0 Å². The van der Waals surface area contributed by atoms with Crippen molar-refractivity contribution in [3.05, 3.63) is 16.1 Å². The smallest absolute Gasteiger partial charge is 0.0971 e. The Morgan fingerprint density at radius 3 is 3.20 bits per heavy atom. The van der Waals surface area contributed by atoms with Gasteiger partial charge in [-0.25, -0.2) is 4.98 Å². The highest BCUT2D eigenvalue weighted by Gasteiger charge is 2.22. The van der Waals surface area contributed by atoms with Gasteiger partial charge in [0.25, 0.3) is 0 Å². The maximum Gasteiger partial charge on any atom is 0.0971 e. The third-order valence-electron chi connectivity index (χ3n) is 3.07. The quantitative estimate of drug-likeness (QED) is 0.853. The van der Waals surface area contributed by atoms with Gasteiger partial charge in [-0.05, 0) is 25.9 Å². The number of thiazole rings is 1. The van der Waals surface area contributed by atoms with E-state index in [9.17, 15) is 0 Å². The van der Waals surface area contributed by atoms with Crippen LogP contribution in [0.15, 0.2) is 6.20 Å². The molecular formula is C11H19N3S. The van der Waals surface area contributed by atoms with E-state index in [2.05, 4.69) is 16.8 Å². The Kier molecular flexibility index (Phi) is 3.72. The zero-order chi connectivity index (χ0) is 10.7. The molecule has 1 aliphatic heterocycles. The molecule has 3 nitrogen and oxygen atoms in total. The summed E-state index contributed by atoms with van der Waals surface area (Å²) in [6.45, 7) is 6.44. The summed E-state index contributed by atoms with van der Waals surface area (Å²) >= 11 is 1.79. The minimum atomic E-state index is 0.627. The van der Waals surface area contributed by atoms with Gasteiger partial charge < -0.3 is 10.6 Å². The van der Waals surface area contributed by atoms with Crippen LogP contribution in [0.1, 0.15) is 35.6 Å². The number of aromatic nitrogens is 1. The van der Waals surface area contributed by atoms with Gasteiger partial charge in [-0.15, -0.1) is 11.3 Å². The molecule has 0 radical (unpaired) electrons. The molecule has 1 atom stereocenters. The van der Waals surface area contributed by atoms with E-state index in [1.54, 1.807) is 11.3 Å². The first kappa shape index (κ1) is 11.0. The van der Waals surface area contributed by atoms with Crippen LogP contribution in [0, 0.1) is 0 Å². The fourth-order valence-corrected chi connectivity index (χ4v) is 3.07. The minimum absolute atomic E-state index is 0.627. The van der Waals surface area contributed by atoms with Gasteiger partial charge >= 0.3 is 0 Å².